The quantitative estimate of drug-likeness (QED) is 0.762. The summed E-state index contributed by atoms with van der Waals surface area (Å²) in [5, 5.41) is 1.21. The number of thioether (sulfide) groups is 1. The molecule has 0 bridgehead atoms. The summed E-state index contributed by atoms with van der Waals surface area (Å²) in [5.74, 6) is 2.96. The fraction of sp³-hybridized carbons (Fsp3) is 0.636. The van der Waals surface area contributed by atoms with E-state index in [0.717, 1.165) is 36.9 Å². The molecule has 0 spiro atoms. The summed E-state index contributed by atoms with van der Waals surface area (Å²) in [7, 11) is 0. The molecule has 1 aliphatic heterocycles. The maximum absolute atomic E-state index is 6.00. The van der Waals surface area contributed by atoms with Crippen LogP contribution in [-0.2, 0) is 6.42 Å². The SMILES string of the molecule is CCc1nc(Cl)cc(N2CCSC(C)C2)n1. The molecule has 1 atom stereocenters. The molecule has 0 saturated carbocycles. The van der Waals surface area contributed by atoms with Crippen LogP contribution in [0.3, 0.4) is 0 Å². The zero-order chi connectivity index (χ0) is 11.5. The summed E-state index contributed by atoms with van der Waals surface area (Å²) < 4.78 is 0. The van der Waals surface area contributed by atoms with Crippen molar-refractivity contribution < 1.29 is 0 Å². The van der Waals surface area contributed by atoms with E-state index in [0.29, 0.717) is 10.4 Å². The van der Waals surface area contributed by atoms with Crippen molar-refractivity contribution in [1.29, 1.82) is 0 Å². The lowest BCUT2D eigenvalue weighted by Crippen LogP contribution is -2.37. The van der Waals surface area contributed by atoms with Crippen LogP contribution >= 0.6 is 23.4 Å². The van der Waals surface area contributed by atoms with E-state index in [1.165, 1.54) is 0 Å². The molecule has 0 radical (unpaired) electrons. The van der Waals surface area contributed by atoms with Gasteiger partial charge in [-0.1, -0.05) is 25.4 Å². The van der Waals surface area contributed by atoms with Gasteiger partial charge in [-0.25, -0.2) is 9.97 Å². The van der Waals surface area contributed by atoms with Gasteiger partial charge in [0.2, 0.25) is 0 Å². The first kappa shape index (κ1) is 12.0. The Bertz CT molecular complexity index is 372. The highest BCUT2D eigenvalue weighted by Crippen LogP contribution is 2.23. The van der Waals surface area contributed by atoms with Gasteiger partial charge in [0.15, 0.2) is 0 Å². The lowest BCUT2D eigenvalue weighted by molar-refractivity contribution is 0.760. The summed E-state index contributed by atoms with van der Waals surface area (Å²) >= 11 is 8.01. The summed E-state index contributed by atoms with van der Waals surface area (Å²) in [6.07, 6.45) is 0.825. The first-order valence-corrected chi connectivity index (χ1v) is 7.01. The van der Waals surface area contributed by atoms with Crippen LogP contribution in [0.2, 0.25) is 5.15 Å². The predicted molar refractivity (Wildman–Crippen MR) is 70.6 cm³/mol. The van der Waals surface area contributed by atoms with E-state index in [4.69, 9.17) is 11.6 Å². The summed E-state index contributed by atoms with van der Waals surface area (Å²) in [4.78, 5) is 11.0. The smallest absolute Gasteiger partial charge is 0.134 e. The van der Waals surface area contributed by atoms with Gasteiger partial charge in [-0.3, -0.25) is 0 Å². The van der Waals surface area contributed by atoms with Crippen molar-refractivity contribution in [2.45, 2.75) is 25.5 Å². The third-order valence-electron chi connectivity index (χ3n) is 2.61. The standard InChI is InChI=1S/C11H16ClN3S/c1-3-10-13-9(12)6-11(14-10)15-4-5-16-8(2)7-15/h6,8H,3-5,7H2,1-2H3. The van der Waals surface area contributed by atoms with Gasteiger partial charge in [0.05, 0.1) is 0 Å². The Kier molecular flexibility index (Phi) is 3.92. The van der Waals surface area contributed by atoms with Gasteiger partial charge in [-0.05, 0) is 0 Å². The van der Waals surface area contributed by atoms with Crippen molar-refractivity contribution in [2.75, 3.05) is 23.7 Å². The van der Waals surface area contributed by atoms with Crippen molar-refractivity contribution in [3.05, 3.63) is 17.0 Å². The number of halogens is 1. The van der Waals surface area contributed by atoms with E-state index in [-0.39, 0.29) is 0 Å². The molecule has 1 aromatic heterocycles. The van der Waals surface area contributed by atoms with Gasteiger partial charge in [-0.15, -0.1) is 0 Å². The van der Waals surface area contributed by atoms with Crippen LogP contribution in [0.1, 0.15) is 19.7 Å². The maximum atomic E-state index is 6.00. The third-order valence-corrected chi connectivity index (χ3v) is 3.94. The molecule has 1 fully saturated rings. The first-order chi connectivity index (χ1) is 7.69. The van der Waals surface area contributed by atoms with E-state index >= 15 is 0 Å². The molecular weight excluding hydrogens is 242 g/mol. The topological polar surface area (TPSA) is 29.0 Å². The Morgan fingerprint density at radius 3 is 3.06 bits per heavy atom. The number of aryl methyl sites for hydroxylation is 1. The van der Waals surface area contributed by atoms with Gasteiger partial charge in [0.25, 0.3) is 0 Å². The molecule has 1 aliphatic rings. The first-order valence-electron chi connectivity index (χ1n) is 5.59. The number of aromatic nitrogens is 2. The van der Waals surface area contributed by atoms with Crippen LogP contribution in [0.4, 0.5) is 5.82 Å². The summed E-state index contributed by atoms with van der Waals surface area (Å²) in [6.45, 7) is 6.39. The normalized spacial score (nSPS) is 21.2. The Hall–Kier alpha value is -0.480. The third kappa shape index (κ3) is 2.80. The van der Waals surface area contributed by atoms with Gasteiger partial charge < -0.3 is 4.90 Å². The Morgan fingerprint density at radius 1 is 1.56 bits per heavy atom. The van der Waals surface area contributed by atoms with Crippen LogP contribution in [0.5, 0.6) is 0 Å². The zero-order valence-corrected chi connectivity index (χ0v) is 11.2. The summed E-state index contributed by atoms with van der Waals surface area (Å²) in [6, 6.07) is 1.86. The molecular formula is C11H16ClN3S. The molecule has 1 aromatic rings. The van der Waals surface area contributed by atoms with Gasteiger partial charge in [0.1, 0.15) is 16.8 Å². The van der Waals surface area contributed by atoms with Crippen molar-refractivity contribution in [1.82, 2.24) is 9.97 Å². The van der Waals surface area contributed by atoms with E-state index in [2.05, 4.69) is 21.8 Å². The maximum Gasteiger partial charge on any atom is 0.134 e. The van der Waals surface area contributed by atoms with E-state index in [1.54, 1.807) is 0 Å². The molecule has 1 unspecified atom stereocenters. The molecule has 2 heterocycles. The highest BCUT2D eigenvalue weighted by atomic mass is 35.5. The lowest BCUT2D eigenvalue weighted by Gasteiger charge is -2.31. The highest BCUT2D eigenvalue weighted by molar-refractivity contribution is 8.00. The number of nitrogens with zero attached hydrogens (tertiary/aromatic N) is 3. The minimum Gasteiger partial charge on any atom is -0.355 e. The molecule has 88 valence electrons. The molecule has 3 nitrogen and oxygen atoms in total. The Morgan fingerprint density at radius 2 is 2.38 bits per heavy atom. The molecule has 1 saturated heterocycles. The van der Waals surface area contributed by atoms with Crippen LogP contribution in [0.15, 0.2) is 6.07 Å². The molecule has 0 N–H and O–H groups in total. The van der Waals surface area contributed by atoms with Crippen LogP contribution in [-0.4, -0.2) is 34.1 Å². The van der Waals surface area contributed by atoms with Gasteiger partial charge >= 0.3 is 0 Å². The Labute approximate surface area is 106 Å². The molecule has 0 aromatic carbocycles. The number of rotatable bonds is 2. The van der Waals surface area contributed by atoms with Crippen LogP contribution < -0.4 is 4.90 Å². The number of hydrogen-bond donors (Lipinski definition) is 0. The second-order valence-corrected chi connectivity index (χ2v) is 5.88. The van der Waals surface area contributed by atoms with Gasteiger partial charge in [0, 0.05) is 36.6 Å². The fourth-order valence-corrected chi connectivity index (χ4v) is 3.01. The van der Waals surface area contributed by atoms with E-state index < -0.39 is 0 Å². The van der Waals surface area contributed by atoms with Crippen molar-refractivity contribution >= 4 is 29.2 Å². The number of anilines is 1. The average Bonchev–Trinajstić information content (AvgIpc) is 2.28. The molecule has 2 rings (SSSR count). The van der Waals surface area contributed by atoms with Gasteiger partial charge in [-0.2, -0.15) is 11.8 Å². The number of hydrogen-bond acceptors (Lipinski definition) is 4. The molecule has 0 aliphatic carbocycles. The highest BCUT2D eigenvalue weighted by Gasteiger charge is 2.18. The van der Waals surface area contributed by atoms with Crippen molar-refractivity contribution in [2.24, 2.45) is 0 Å². The molecule has 0 amide bonds. The molecule has 5 heteroatoms. The Balaban J connectivity index is 2.21. The molecule has 16 heavy (non-hydrogen) atoms. The summed E-state index contributed by atoms with van der Waals surface area (Å²) in [5.41, 5.74) is 0. The predicted octanol–water partition coefficient (Wildman–Crippen LogP) is 2.63. The van der Waals surface area contributed by atoms with E-state index in [1.807, 2.05) is 24.8 Å². The van der Waals surface area contributed by atoms with E-state index in [9.17, 15) is 0 Å². The van der Waals surface area contributed by atoms with Crippen LogP contribution in [0, 0.1) is 0 Å². The lowest BCUT2D eigenvalue weighted by atomic mass is 10.3. The van der Waals surface area contributed by atoms with Crippen LogP contribution in [0.25, 0.3) is 0 Å². The minimum absolute atomic E-state index is 0.549. The average molecular weight is 258 g/mol. The van der Waals surface area contributed by atoms with Crippen molar-refractivity contribution in [3.8, 4) is 0 Å². The fourth-order valence-electron chi connectivity index (χ4n) is 1.80. The second-order valence-electron chi connectivity index (χ2n) is 3.95. The largest absolute Gasteiger partial charge is 0.355 e. The van der Waals surface area contributed by atoms with Crippen molar-refractivity contribution in [3.63, 3.8) is 0 Å². The monoisotopic (exact) mass is 257 g/mol. The zero-order valence-electron chi connectivity index (χ0n) is 9.61. The minimum atomic E-state index is 0.549. The second kappa shape index (κ2) is 5.23.